The van der Waals surface area contributed by atoms with Gasteiger partial charge >= 0.3 is 12.1 Å². The second-order valence-corrected chi connectivity index (χ2v) is 9.91. The lowest BCUT2D eigenvalue weighted by molar-refractivity contribution is -0.136. The highest BCUT2D eigenvalue weighted by Crippen LogP contribution is 2.18. The summed E-state index contributed by atoms with van der Waals surface area (Å²) >= 11 is 5.90. The van der Waals surface area contributed by atoms with Gasteiger partial charge < -0.3 is 25.8 Å². The standard InChI is InChI=1S/C23H36ClN5O3/c1-7-15(2)19(26-21(31)27-23(4,5)6)20(30)28-12-13-29(16(3)14-28)22(32)25-18-10-8-17(24)9-11-18/h8-11,15-16,19H,7,12-14H2,1-6H3,(H,25,32)(H2,26,27,31). The van der Waals surface area contributed by atoms with Gasteiger partial charge in [0.25, 0.3) is 0 Å². The van der Waals surface area contributed by atoms with Gasteiger partial charge in [-0.2, -0.15) is 0 Å². The van der Waals surface area contributed by atoms with Gasteiger partial charge in [0.2, 0.25) is 5.91 Å². The summed E-state index contributed by atoms with van der Waals surface area (Å²) in [5.74, 6) is -0.136. The molecule has 0 spiro atoms. The number of carbonyl (C=O) groups excluding carboxylic acids is 3. The van der Waals surface area contributed by atoms with Crippen molar-refractivity contribution in [2.75, 3.05) is 25.0 Å². The van der Waals surface area contributed by atoms with E-state index in [1.54, 1.807) is 34.1 Å². The molecule has 8 nitrogen and oxygen atoms in total. The van der Waals surface area contributed by atoms with Crippen LogP contribution in [0.25, 0.3) is 0 Å². The van der Waals surface area contributed by atoms with Crippen molar-refractivity contribution in [3.05, 3.63) is 29.3 Å². The summed E-state index contributed by atoms with van der Waals surface area (Å²) in [7, 11) is 0. The quantitative estimate of drug-likeness (QED) is 0.615. The van der Waals surface area contributed by atoms with Crippen LogP contribution in [0.3, 0.4) is 0 Å². The molecule has 1 aromatic carbocycles. The SMILES string of the molecule is CCC(C)C(NC(=O)NC(C)(C)C)C(=O)N1CCN(C(=O)Nc2ccc(Cl)cc2)C(C)C1. The number of anilines is 1. The molecule has 3 unspecified atom stereocenters. The third-order valence-corrected chi connectivity index (χ3v) is 5.80. The van der Waals surface area contributed by atoms with Crippen LogP contribution in [-0.2, 0) is 4.79 Å². The highest BCUT2D eigenvalue weighted by molar-refractivity contribution is 6.30. The van der Waals surface area contributed by atoms with E-state index in [1.807, 2.05) is 41.5 Å². The summed E-state index contributed by atoms with van der Waals surface area (Å²) in [6.07, 6.45) is 0.755. The van der Waals surface area contributed by atoms with Crippen molar-refractivity contribution in [1.82, 2.24) is 20.4 Å². The molecular formula is C23H36ClN5O3. The fourth-order valence-corrected chi connectivity index (χ4v) is 3.71. The van der Waals surface area contributed by atoms with Crippen LogP contribution in [-0.4, -0.2) is 65.0 Å². The van der Waals surface area contributed by atoms with Crippen molar-refractivity contribution < 1.29 is 14.4 Å². The maximum absolute atomic E-state index is 13.3. The number of amides is 5. The minimum Gasteiger partial charge on any atom is -0.337 e. The molecule has 0 aliphatic carbocycles. The normalized spacial score (nSPS) is 18.5. The molecule has 178 valence electrons. The average molecular weight is 466 g/mol. The van der Waals surface area contributed by atoms with Crippen molar-refractivity contribution in [2.45, 2.75) is 65.6 Å². The molecule has 1 fully saturated rings. The van der Waals surface area contributed by atoms with Gasteiger partial charge in [0.15, 0.2) is 0 Å². The van der Waals surface area contributed by atoms with Crippen LogP contribution >= 0.6 is 11.6 Å². The third-order valence-electron chi connectivity index (χ3n) is 5.55. The number of hydrogen-bond acceptors (Lipinski definition) is 3. The van der Waals surface area contributed by atoms with Gasteiger partial charge in [0.05, 0.1) is 0 Å². The highest BCUT2D eigenvalue weighted by Gasteiger charge is 2.35. The molecule has 1 heterocycles. The van der Waals surface area contributed by atoms with Gasteiger partial charge in [0.1, 0.15) is 6.04 Å². The fourth-order valence-electron chi connectivity index (χ4n) is 3.59. The topological polar surface area (TPSA) is 93.8 Å². The lowest BCUT2D eigenvalue weighted by atomic mass is 9.97. The molecule has 9 heteroatoms. The highest BCUT2D eigenvalue weighted by atomic mass is 35.5. The smallest absolute Gasteiger partial charge is 0.322 e. The van der Waals surface area contributed by atoms with Gasteiger partial charge in [-0.3, -0.25) is 4.79 Å². The molecule has 0 bridgehead atoms. The van der Waals surface area contributed by atoms with Crippen LogP contribution in [0.1, 0.15) is 48.0 Å². The lowest BCUT2D eigenvalue weighted by Gasteiger charge is -2.41. The summed E-state index contributed by atoms with van der Waals surface area (Å²) < 4.78 is 0. The van der Waals surface area contributed by atoms with Crippen LogP contribution in [0, 0.1) is 5.92 Å². The Kier molecular flexibility index (Phi) is 8.78. The Hall–Kier alpha value is -2.48. The molecule has 1 aliphatic rings. The first-order valence-corrected chi connectivity index (χ1v) is 11.5. The zero-order valence-electron chi connectivity index (χ0n) is 19.9. The van der Waals surface area contributed by atoms with E-state index in [0.717, 1.165) is 6.42 Å². The van der Waals surface area contributed by atoms with Gasteiger partial charge in [0, 0.05) is 41.9 Å². The van der Waals surface area contributed by atoms with Crippen LogP contribution in [0.2, 0.25) is 5.02 Å². The molecule has 1 aromatic rings. The van der Waals surface area contributed by atoms with Crippen LogP contribution < -0.4 is 16.0 Å². The molecular weight excluding hydrogens is 430 g/mol. The number of carbonyl (C=O) groups is 3. The molecule has 1 aliphatic heterocycles. The zero-order chi connectivity index (χ0) is 24.1. The minimum absolute atomic E-state index is 0.0187. The Bertz CT molecular complexity index is 809. The van der Waals surface area contributed by atoms with Crippen LogP contribution in [0.5, 0.6) is 0 Å². The first-order valence-electron chi connectivity index (χ1n) is 11.1. The molecule has 32 heavy (non-hydrogen) atoms. The lowest BCUT2D eigenvalue weighted by Crippen LogP contribution is -2.61. The first-order chi connectivity index (χ1) is 14.9. The molecule has 3 N–H and O–H groups in total. The van der Waals surface area contributed by atoms with Crippen LogP contribution in [0.4, 0.5) is 15.3 Å². The third kappa shape index (κ3) is 7.29. The van der Waals surface area contributed by atoms with Crippen molar-refractivity contribution in [2.24, 2.45) is 5.92 Å². The predicted molar refractivity (Wildman–Crippen MR) is 128 cm³/mol. The number of hydrogen-bond donors (Lipinski definition) is 3. The van der Waals surface area contributed by atoms with Gasteiger partial charge in [-0.1, -0.05) is 31.9 Å². The van der Waals surface area contributed by atoms with Crippen LogP contribution in [0.15, 0.2) is 24.3 Å². The second-order valence-electron chi connectivity index (χ2n) is 9.48. The molecule has 0 radical (unpaired) electrons. The molecule has 2 rings (SSSR count). The largest absolute Gasteiger partial charge is 0.337 e. The van der Waals surface area contributed by atoms with Crippen molar-refractivity contribution in [3.63, 3.8) is 0 Å². The molecule has 0 saturated carbocycles. The summed E-state index contributed by atoms with van der Waals surface area (Å²) in [6.45, 7) is 12.8. The number of halogens is 1. The van der Waals surface area contributed by atoms with E-state index in [4.69, 9.17) is 11.6 Å². The summed E-state index contributed by atoms with van der Waals surface area (Å²) in [4.78, 5) is 41.9. The van der Waals surface area contributed by atoms with Crippen molar-refractivity contribution in [1.29, 1.82) is 0 Å². The number of nitrogens with one attached hydrogen (secondary N) is 3. The molecule has 0 aromatic heterocycles. The van der Waals surface area contributed by atoms with E-state index < -0.39 is 11.6 Å². The molecule has 1 saturated heterocycles. The Balaban J connectivity index is 2.00. The average Bonchev–Trinajstić information content (AvgIpc) is 2.71. The van der Waals surface area contributed by atoms with E-state index in [9.17, 15) is 14.4 Å². The molecule has 3 atom stereocenters. The van der Waals surface area contributed by atoms with E-state index in [2.05, 4.69) is 16.0 Å². The van der Waals surface area contributed by atoms with E-state index in [0.29, 0.717) is 30.3 Å². The fraction of sp³-hybridized carbons (Fsp3) is 0.609. The Labute approximate surface area is 196 Å². The van der Waals surface area contributed by atoms with E-state index in [1.165, 1.54) is 0 Å². The van der Waals surface area contributed by atoms with Crippen molar-refractivity contribution in [3.8, 4) is 0 Å². The van der Waals surface area contributed by atoms with Crippen molar-refractivity contribution >= 4 is 35.3 Å². The van der Waals surface area contributed by atoms with E-state index in [-0.39, 0.29) is 29.9 Å². The molecule has 5 amide bonds. The predicted octanol–water partition coefficient (Wildman–Crippen LogP) is 3.92. The maximum atomic E-state index is 13.3. The first kappa shape index (κ1) is 25.8. The summed E-state index contributed by atoms with van der Waals surface area (Å²) in [5, 5.41) is 9.19. The number of rotatable bonds is 5. The Morgan fingerprint density at radius 2 is 1.78 bits per heavy atom. The van der Waals surface area contributed by atoms with E-state index >= 15 is 0 Å². The zero-order valence-corrected chi connectivity index (χ0v) is 20.6. The minimum atomic E-state index is -0.621. The summed E-state index contributed by atoms with van der Waals surface area (Å²) in [5.41, 5.74) is 0.265. The number of urea groups is 2. The number of nitrogens with zero attached hydrogens (tertiary/aromatic N) is 2. The van der Waals surface area contributed by atoms with Gasteiger partial charge in [-0.25, -0.2) is 9.59 Å². The number of piperazine rings is 1. The second kappa shape index (κ2) is 10.9. The maximum Gasteiger partial charge on any atom is 0.322 e. The summed E-state index contributed by atoms with van der Waals surface area (Å²) in [6, 6.07) is 5.57. The van der Waals surface area contributed by atoms with Gasteiger partial charge in [-0.05, 0) is 57.9 Å². The number of benzene rings is 1. The Morgan fingerprint density at radius 1 is 1.16 bits per heavy atom. The Morgan fingerprint density at radius 3 is 2.31 bits per heavy atom. The monoisotopic (exact) mass is 465 g/mol. The van der Waals surface area contributed by atoms with Gasteiger partial charge in [-0.15, -0.1) is 0 Å².